The van der Waals surface area contributed by atoms with Gasteiger partial charge >= 0.3 is 12.1 Å². The summed E-state index contributed by atoms with van der Waals surface area (Å²) in [6.07, 6.45) is -5.03. The topological polar surface area (TPSA) is 70.7 Å². The van der Waals surface area contributed by atoms with Crippen LogP contribution in [-0.4, -0.2) is 51.3 Å². The molecule has 0 atom stereocenters. The smallest absolute Gasteiger partial charge is 0.378 e. The lowest BCUT2D eigenvalue weighted by Gasteiger charge is -2.29. The Morgan fingerprint density at radius 2 is 1.87 bits per heavy atom. The fraction of sp³-hybridized carbons (Fsp3) is 0.429. The maximum Gasteiger partial charge on any atom is 0.471 e. The van der Waals surface area contributed by atoms with E-state index in [4.69, 9.17) is 4.74 Å². The molecule has 2 rings (SSSR count). The summed E-state index contributed by atoms with van der Waals surface area (Å²) in [5.41, 5.74) is 0.385. The molecule has 1 heterocycles. The Kier molecular flexibility index (Phi) is 5.09. The highest BCUT2D eigenvalue weighted by Gasteiger charge is 2.39. The fourth-order valence-corrected chi connectivity index (χ4v) is 2.18. The minimum Gasteiger partial charge on any atom is -0.378 e. The van der Waals surface area contributed by atoms with Gasteiger partial charge in [0, 0.05) is 25.8 Å². The number of carbonyl (C=O) groups excluding carboxylic acids is 2. The molecule has 1 aromatic rings. The first kappa shape index (κ1) is 17.1. The van der Waals surface area contributed by atoms with Crippen molar-refractivity contribution in [3.05, 3.63) is 23.8 Å². The van der Waals surface area contributed by atoms with Crippen LogP contribution in [0, 0.1) is 0 Å². The van der Waals surface area contributed by atoms with Crippen LogP contribution in [0.3, 0.4) is 0 Å². The van der Waals surface area contributed by atoms with E-state index < -0.39 is 18.0 Å². The van der Waals surface area contributed by atoms with E-state index in [1.807, 2.05) is 4.90 Å². The maximum absolute atomic E-state index is 12.5. The Bertz CT molecular complexity index is 599. The van der Waals surface area contributed by atoms with Gasteiger partial charge in [-0.3, -0.25) is 9.59 Å². The molecule has 0 aromatic heterocycles. The zero-order valence-electron chi connectivity index (χ0n) is 12.4. The molecule has 1 aliphatic rings. The van der Waals surface area contributed by atoms with Crippen LogP contribution < -0.4 is 15.5 Å². The van der Waals surface area contributed by atoms with Gasteiger partial charge in [-0.05, 0) is 18.2 Å². The summed E-state index contributed by atoms with van der Waals surface area (Å²) in [4.78, 5) is 24.9. The number of alkyl halides is 3. The fourth-order valence-electron chi connectivity index (χ4n) is 2.18. The van der Waals surface area contributed by atoms with Gasteiger partial charge in [-0.2, -0.15) is 13.2 Å². The number of anilines is 2. The second-order valence-electron chi connectivity index (χ2n) is 4.86. The molecular formula is C14H16F3N3O3. The van der Waals surface area contributed by atoms with E-state index in [9.17, 15) is 22.8 Å². The standard InChI is InChI=1S/C14H16F3N3O3/c1-18-12(21)10-3-2-9(20-4-6-23-7-5-20)8-11(10)19-13(22)14(15,16)17/h2-3,8H,4-7H2,1H3,(H,18,21)(H,19,22). The number of nitrogens with one attached hydrogen (secondary N) is 2. The van der Waals surface area contributed by atoms with E-state index in [1.54, 1.807) is 11.4 Å². The minimum atomic E-state index is -5.03. The SMILES string of the molecule is CNC(=O)c1ccc(N2CCOCC2)cc1NC(=O)C(F)(F)F. The highest BCUT2D eigenvalue weighted by atomic mass is 19.4. The average molecular weight is 331 g/mol. The summed E-state index contributed by atoms with van der Waals surface area (Å²) in [7, 11) is 1.35. The maximum atomic E-state index is 12.5. The molecule has 1 fully saturated rings. The van der Waals surface area contributed by atoms with Crippen LogP contribution in [0.15, 0.2) is 18.2 Å². The van der Waals surface area contributed by atoms with Gasteiger partial charge in [-0.1, -0.05) is 0 Å². The third-order valence-corrected chi connectivity index (χ3v) is 3.36. The summed E-state index contributed by atoms with van der Waals surface area (Å²) in [6, 6.07) is 4.37. The van der Waals surface area contributed by atoms with Gasteiger partial charge in [0.05, 0.1) is 24.5 Å². The van der Waals surface area contributed by atoms with Crippen molar-refractivity contribution in [2.24, 2.45) is 0 Å². The first-order valence-corrected chi connectivity index (χ1v) is 6.90. The van der Waals surface area contributed by atoms with E-state index in [0.717, 1.165) is 0 Å². The molecule has 23 heavy (non-hydrogen) atoms. The van der Waals surface area contributed by atoms with Crippen molar-refractivity contribution in [1.82, 2.24) is 5.32 Å². The van der Waals surface area contributed by atoms with E-state index in [1.165, 1.54) is 19.2 Å². The van der Waals surface area contributed by atoms with Gasteiger partial charge in [0.25, 0.3) is 5.91 Å². The number of hydrogen-bond acceptors (Lipinski definition) is 4. The second-order valence-corrected chi connectivity index (χ2v) is 4.86. The molecule has 1 saturated heterocycles. The summed E-state index contributed by atoms with van der Waals surface area (Å²) in [5, 5.41) is 4.09. The van der Waals surface area contributed by atoms with Crippen molar-refractivity contribution in [1.29, 1.82) is 0 Å². The molecule has 0 saturated carbocycles. The van der Waals surface area contributed by atoms with Crippen LogP contribution in [0.5, 0.6) is 0 Å². The first-order chi connectivity index (χ1) is 10.8. The lowest BCUT2D eigenvalue weighted by atomic mass is 10.1. The van der Waals surface area contributed by atoms with Gasteiger partial charge in [0.1, 0.15) is 0 Å². The summed E-state index contributed by atoms with van der Waals surface area (Å²) < 4.78 is 42.6. The third kappa shape index (κ3) is 4.13. The number of carbonyl (C=O) groups is 2. The van der Waals surface area contributed by atoms with Crippen LogP contribution in [-0.2, 0) is 9.53 Å². The molecular weight excluding hydrogens is 315 g/mol. The Morgan fingerprint density at radius 3 is 2.43 bits per heavy atom. The average Bonchev–Trinajstić information content (AvgIpc) is 2.54. The molecule has 0 unspecified atom stereocenters. The predicted octanol–water partition coefficient (Wildman–Crippen LogP) is 1.38. The highest BCUT2D eigenvalue weighted by Crippen LogP contribution is 2.26. The van der Waals surface area contributed by atoms with E-state index in [2.05, 4.69) is 5.32 Å². The molecule has 1 aliphatic heterocycles. The zero-order chi connectivity index (χ0) is 17.0. The normalized spacial score (nSPS) is 15.2. The van der Waals surface area contributed by atoms with Crippen molar-refractivity contribution in [3.63, 3.8) is 0 Å². The van der Waals surface area contributed by atoms with Crippen molar-refractivity contribution in [2.75, 3.05) is 43.6 Å². The van der Waals surface area contributed by atoms with Crippen LogP contribution in [0.25, 0.3) is 0 Å². The number of rotatable bonds is 3. The second kappa shape index (κ2) is 6.86. The summed E-state index contributed by atoms with van der Waals surface area (Å²) in [5.74, 6) is -2.71. The third-order valence-electron chi connectivity index (χ3n) is 3.36. The number of benzene rings is 1. The molecule has 126 valence electrons. The predicted molar refractivity (Wildman–Crippen MR) is 77.5 cm³/mol. The molecule has 2 N–H and O–H groups in total. The van der Waals surface area contributed by atoms with Crippen LogP contribution in [0.4, 0.5) is 24.5 Å². The lowest BCUT2D eigenvalue weighted by Crippen LogP contribution is -2.36. The van der Waals surface area contributed by atoms with E-state index in [-0.39, 0.29) is 11.3 Å². The minimum absolute atomic E-state index is 0.0397. The molecule has 0 aliphatic carbocycles. The van der Waals surface area contributed by atoms with Gasteiger partial charge in [-0.15, -0.1) is 0 Å². The summed E-state index contributed by atoms with van der Waals surface area (Å²) >= 11 is 0. The highest BCUT2D eigenvalue weighted by molar-refractivity contribution is 6.05. The monoisotopic (exact) mass is 331 g/mol. The molecule has 0 bridgehead atoms. The largest absolute Gasteiger partial charge is 0.471 e. The van der Waals surface area contributed by atoms with Crippen molar-refractivity contribution in [2.45, 2.75) is 6.18 Å². The van der Waals surface area contributed by atoms with E-state index >= 15 is 0 Å². The number of nitrogens with zero attached hydrogens (tertiary/aromatic N) is 1. The van der Waals surface area contributed by atoms with Crippen molar-refractivity contribution >= 4 is 23.2 Å². The number of halogens is 3. The van der Waals surface area contributed by atoms with Gasteiger partial charge in [-0.25, -0.2) is 0 Å². The first-order valence-electron chi connectivity index (χ1n) is 6.90. The van der Waals surface area contributed by atoms with Gasteiger partial charge < -0.3 is 20.3 Å². The molecule has 0 radical (unpaired) electrons. The molecule has 9 heteroatoms. The number of hydrogen-bond donors (Lipinski definition) is 2. The quantitative estimate of drug-likeness (QED) is 0.878. The zero-order valence-corrected chi connectivity index (χ0v) is 12.4. The van der Waals surface area contributed by atoms with E-state index in [0.29, 0.717) is 32.0 Å². The van der Waals surface area contributed by atoms with Gasteiger partial charge in [0.2, 0.25) is 0 Å². The number of morpholine rings is 1. The van der Waals surface area contributed by atoms with Crippen LogP contribution >= 0.6 is 0 Å². The molecule has 1 aromatic carbocycles. The Balaban J connectivity index is 2.33. The summed E-state index contributed by atoms with van der Waals surface area (Å²) in [6.45, 7) is 2.15. The Hall–Kier alpha value is -2.29. The van der Waals surface area contributed by atoms with Gasteiger partial charge in [0.15, 0.2) is 0 Å². The Morgan fingerprint density at radius 1 is 1.22 bits per heavy atom. The molecule has 2 amide bonds. The lowest BCUT2D eigenvalue weighted by molar-refractivity contribution is -0.167. The van der Waals surface area contributed by atoms with Crippen molar-refractivity contribution in [3.8, 4) is 0 Å². The number of ether oxygens (including phenoxy) is 1. The molecule has 6 nitrogen and oxygen atoms in total. The van der Waals surface area contributed by atoms with Crippen molar-refractivity contribution < 1.29 is 27.5 Å². The van der Waals surface area contributed by atoms with Crippen LogP contribution in [0.1, 0.15) is 10.4 Å². The number of amides is 2. The Labute approximate surface area is 130 Å². The van der Waals surface area contributed by atoms with Crippen LogP contribution in [0.2, 0.25) is 0 Å². The molecule has 0 spiro atoms.